The van der Waals surface area contributed by atoms with Crippen LogP contribution in [0.25, 0.3) is 0 Å². The van der Waals surface area contributed by atoms with Crippen molar-refractivity contribution in [1.82, 2.24) is 0 Å². The van der Waals surface area contributed by atoms with Crippen LogP contribution in [0, 0.1) is 24.7 Å². The average molecular weight is 578 g/mol. The fraction of sp³-hybridized carbons (Fsp3) is 0.488. The molecule has 2 heteroatoms. The van der Waals surface area contributed by atoms with Gasteiger partial charge in [-0.15, -0.1) is 0 Å². The summed E-state index contributed by atoms with van der Waals surface area (Å²) in [5.74, 6) is 2.14. The fourth-order valence-corrected chi connectivity index (χ4v) is 7.46. The molecule has 0 saturated heterocycles. The Kier molecular flexibility index (Phi) is 12.3. The molecule has 1 aliphatic carbocycles. The Morgan fingerprint density at radius 2 is 1.60 bits per heavy atom. The molecule has 0 aliphatic heterocycles. The zero-order chi connectivity index (χ0) is 30.8. The Hall–Kier alpha value is -3.13. The molecule has 3 aromatic carbocycles. The number of hydrogen-bond donors (Lipinski definition) is 0. The number of carbonyl (C=O) groups is 1. The van der Waals surface area contributed by atoms with Gasteiger partial charge in [0.2, 0.25) is 0 Å². The first-order chi connectivity index (χ1) is 20.8. The molecule has 0 saturated carbocycles. The lowest BCUT2D eigenvalue weighted by atomic mass is 9.76. The molecule has 1 aliphatic rings. The van der Waals surface area contributed by atoms with Crippen molar-refractivity contribution in [2.24, 2.45) is 17.8 Å². The molecule has 0 heterocycles. The van der Waals surface area contributed by atoms with E-state index in [4.69, 9.17) is 0 Å². The first-order valence-electron chi connectivity index (χ1n) is 17.0. The molecule has 43 heavy (non-hydrogen) atoms. The third kappa shape index (κ3) is 9.18. The summed E-state index contributed by atoms with van der Waals surface area (Å²) in [6.45, 7) is 14.5. The molecule has 230 valence electrons. The standard InChI is InChI=1S/C41H55NO/c1-7-42(39-21-12-15-32(5)29-39)41(43)38-24-22-34(23-25-38)16-9-8-14-31(4)28-33(6)40(30(2)3)37-20-13-19-35-17-10-11-18-36(35)26-27-37/h10-12,15,17-18,21-25,29-31,37H,7-9,13-14,16,19-20,26-28H2,1-6H3. The summed E-state index contributed by atoms with van der Waals surface area (Å²) in [6.07, 6.45) is 12.4. The number of aryl methyl sites for hydroxylation is 4. The van der Waals surface area contributed by atoms with Crippen LogP contribution in [0.2, 0.25) is 0 Å². The average Bonchev–Trinajstić information content (AvgIpc) is 2.97. The summed E-state index contributed by atoms with van der Waals surface area (Å²) in [5, 5.41) is 0. The maximum absolute atomic E-state index is 13.2. The number of carbonyl (C=O) groups excluding carboxylic acids is 1. The number of amides is 1. The van der Waals surface area contributed by atoms with Crippen LogP contribution in [-0.2, 0) is 19.3 Å². The van der Waals surface area contributed by atoms with Gasteiger partial charge in [-0.1, -0.05) is 93.3 Å². The number of allylic oxidation sites excluding steroid dienone is 2. The van der Waals surface area contributed by atoms with Gasteiger partial charge >= 0.3 is 0 Å². The van der Waals surface area contributed by atoms with Crippen LogP contribution >= 0.6 is 0 Å². The Morgan fingerprint density at radius 1 is 0.884 bits per heavy atom. The minimum absolute atomic E-state index is 0.0712. The maximum atomic E-state index is 13.2. The molecule has 2 nitrogen and oxygen atoms in total. The number of fused-ring (bicyclic) bond motifs is 1. The lowest BCUT2D eigenvalue weighted by molar-refractivity contribution is 0.0988. The van der Waals surface area contributed by atoms with Crippen molar-refractivity contribution in [3.63, 3.8) is 0 Å². The van der Waals surface area contributed by atoms with Gasteiger partial charge in [-0.25, -0.2) is 0 Å². The minimum Gasteiger partial charge on any atom is -0.309 e. The van der Waals surface area contributed by atoms with Crippen molar-refractivity contribution in [1.29, 1.82) is 0 Å². The second-order valence-electron chi connectivity index (χ2n) is 13.4. The predicted molar refractivity (Wildman–Crippen MR) is 185 cm³/mol. The highest BCUT2D eigenvalue weighted by atomic mass is 16.2. The van der Waals surface area contributed by atoms with E-state index in [9.17, 15) is 4.79 Å². The highest BCUT2D eigenvalue weighted by molar-refractivity contribution is 6.06. The highest BCUT2D eigenvalue weighted by Crippen LogP contribution is 2.36. The maximum Gasteiger partial charge on any atom is 0.258 e. The summed E-state index contributed by atoms with van der Waals surface area (Å²) in [6, 6.07) is 25.6. The van der Waals surface area contributed by atoms with Crippen molar-refractivity contribution in [3.05, 3.63) is 112 Å². The highest BCUT2D eigenvalue weighted by Gasteiger charge is 2.23. The minimum atomic E-state index is 0.0712. The molecule has 2 unspecified atom stereocenters. The number of benzene rings is 3. The molecule has 2 atom stereocenters. The fourth-order valence-electron chi connectivity index (χ4n) is 7.46. The number of anilines is 1. The SMILES string of the molecule is CCN(C(=O)c1ccc(CCCCC(C)CC(C)=C(C(C)C)C2CCCc3ccccc3CC2)cc1)c1cccc(C)c1. The van der Waals surface area contributed by atoms with E-state index in [0.717, 1.165) is 23.6 Å². The molecule has 0 fully saturated rings. The quantitative estimate of drug-likeness (QED) is 0.155. The van der Waals surface area contributed by atoms with E-state index in [0.29, 0.717) is 18.4 Å². The van der Waals surface area contributed by atoms with E-state index in [-0.39, 0.29) is 5.91 Å². The van der Waals surface area contributed by atoms with Gasteiger partial charge in [0.05, 0.1) is 0 Å². The van der Waals surface area contributed by atoms with Crippen molar-refractivity contribution in [2.45, 2.75) is 106 Å². The van der Waals surface area contributed by atoms with Gasteiger partial charge in [0.25, 0.3) is 5.91 Å². The third-order valence-electron chi connectivity index (χ3n) is 9.58. The van der Waals surface area contributed by atoms with Gasteiger partial charge in [0, 0.05) is 17.8 Å². The van der Waals surface area contributed by atoms with Crippen molar-refractivity contribution >= 4 is 11.6 Å². The van der Waals surface area contributed by atoms with Gasteiger partial charge in [-0.05, 0) is 136 Å². The summed E-state index contributed by atoms with van der Waals surface area (Å²) in [7, 11) is 0. The first kappa shape index (κ1) is 32.8. The van der Waals surface area contributed by atoms with Crippen LogP contribution in [0.3, 0.4) is 0 Å². The van der Waals surface area contributed by atoms with Gasteiger partial charge in [-0.3, -0.25) is 4.79 Å². The molecule has 0 spiro atoms. The number of unbranched alkanes of at least 4 members (excludes halogenated alkanes) is 1. The van der Waals surface area contributed by atoms with Crippen LogP contribution in [0.15, 0.2) is 83.9 Å². The lowest BCUT2D eigenvalue weighted by Gasteiger charge is -2.29. The number of rotatable bonds is 12. The second-order valence-corrected chi connectivity index (χ2v) is 13.4. The summed E-state index contributed by atoms with van der Waals surface area (Å²) < 4.78 is 0. The molecule has 3 aromatic rings. The van der Waals surface area contributed by atoms with Gasteiger partial charge in [-0.2, -0.15) is 0 Å². The van der Waals surface area contributed by atoms with E-state index >= 15 is 0 Å². The van der Waals surface area contributed by atoms with E-state index in [2.05, 4.69) is 83.1 Å². The van der Waals surface area contributed by atoms with Gasteiger partial charge in [0.15, 0.2) is 0 Å². The second kappa shape index (κ2) is 16.1. The van der Waals surface area contributed by atoms with Crippen molar-refractivity contribution < 1.29 is 4.79 Å². The molecular weight excluding hydrogens is 522 g/mol. The van der Waals surface area contributed by atoms with Gasteiger partial charge < -0.3 is 4.90 Å². The Balaban J connectivity index is 1.26. The summed E-state index contributed by atoms with van der Waals surface area (Å²) in [4.78, 5) is 15.1. The smallest absolute Gasteiger partial charge is 0.258 e. The normalized spacial score (nSPS) is 16.6. The lowest BCUT2D eigenvalue weighted by Crippen LogP contribution is -2.30. The number of hydrogen-bond acceptors (Lipinski definition) is 1. The molecule has 4 rings (SSSR count). The summed E-state index contributed by atoms with van der Waals surface area (Å²) >= 11 is 0. The first-order valence-corrected chi connectivity index (χ1v) is 17.0. The summed E-state index contributed by atoms with van der Waals surface area (Å²) in [5.41, 5.74) is 10.8. The molecular formula is C41H55NO. The Morgan fingerprint density at radius 3 is 2.28 bits per heavy atom. The topological polar surface area (TPSA) is 20.3 Å². The van der Waals surface area contributed by atoms with Crippen LogP contribution < -0.4 is 4.90 Å². The van der Waals surface area contributed by atoms with Gasteiger partial charge in [0.1, 0.15) is 0 Å². The van der Waals surface area contributed by atoms with Crippen LogP contribution in [-0.4, -0.2) is 12.5 Å². The molecule has 0 aromatic heterocycles. The van der Waals surface area contributed by atoms with Crippen molar-refractivity contribution in [3.8, 4) is 0 Å². The molecule has 1 amide bonds. The van der Waals surface area contributed by atoms with Crippen molar-refractivity contribution in [2.75, 3.05) is 11.4 Å². The van der Waals surface area contributed by atoms with E-state index in [1.807, 2.05) is 36.1 Å². The Bertz CT molecular complexity index is 1350. The molecule has 0 radical (unpaired) electrons. The van der Waals surface area contributed by atoms with E-state index < -0.39 is 0 Å². The molecule has 0 bridgehead atoms. The van der Waals surface area contributed by atoms with E-state index in [1.54, 1.807) is 22.3 Å². The van der Waals surface area contributed by atoms with Crippen LogP contribution in [0.4, 0.5) is 5.69 Å². The monoisotopic (exact) mass is 577 g/mol. The number of nitrogens with zero attached hydrogens (tertiary/aromatic N) is 1. The zero-order valence-electron chi connectivity index (χ0n) is 27.8. The third-order valence-corrected chi connectivity index (χ3v) is 9.58. The predicted octanol–water partition coefficient (Wildman–Crippen LogP) is 11.0. The zero-order valence-corrected chi connectivity index (χ0v) is 27.8. The molecule has 0 N–H and O–H groups in total. The Labute approximate surface area is 262 Å². The van der Waals surface area contributed by atoms with E-state index in [1.165, 1.54) is 68.9 Å². The largest absolute Gasteiger partial charge is 0.309 e. The van der Waals surface area contributed by atoms with Crippen LogP contribution in [0.1, 0.15) is 112 Å². The van der Waals surface area contributed by atoms with Crippen LogP contribution in [0.5, 0.6) is 0 Å².